The van der Waals surface area contributed by atoms with Gasteiger partial charge in [-0.05, 0) is 23.8 Å². The van der Waals surface area contributed by atoms with Crippen LogP contribution in [0.5, 0.6) is 0 Å². The molecular formula is C18H15N3O4. The summed E-state index contributed by atoms with van der Waals surface area (Å²) in [7, 11) is 0. The number of aliphatic hydroxyl groups is 1. The van der Waals surface area contributed by atoms with Gasteiger partial charge in [0.2, 0.25) is 0 Å². The summed E-state index contributed by atoms with van der Waals surface area (Å²) in [5, 5.41) is 20.6. The molecule has 1 aromatic heterocycles. The molecule has 0 aliphatic carbocycles. The largest absolute Gasteiger partial charge is 0.395 e. The summed E-state index contributed by atoms with van der Waals surface area (Å²) in [5.41, 5.74) is 0.923. The van der Waals surface area contributed by atoms with Crippen LogP contribution in [-0.4, -0.2) is 26.2 Å². The summed E-state index contributed by atoms with van der Waals surface area (Å²) in [5.74, 6) is 0.379. The number of benzene rings is 2. The zero-order chi connectivity index (χ0) is 17.8. The van der Waals surface area contributed by atoms with Gasteiger partial charge in [0.1, 0.15) is 5.82 Å². The normalized spacial score (nSPS) is 11.2. The molecule has 3 aromatic rings. The highest BCUT2D eigenvalue weighted by Crippen LogP contribution is 2.16. The van der Waals surface area contributed by atoms with Gasteiger partial charge in [0, 0.05) is 12.1 Å². The van der Waals surface area contributed by atoms with Crippen molar-refractivity contribution in [2.45, 2.75) is 6.54 Å². The molecule has 0 aliphatic heterocycles. The van der Waals surface area contributed by atoms with Crippen molar-refractivity contribution in [2.24, 2.45) is 0 Å². The van der Waals surface area contributed by atoms with Crippen molar-refractivity contribution in [1.82, 2.24) is 9.55 Å². The van der Waals surface area contributed by atoms with Crippen molar-refractivity contribution < 1.29 is 10.0 Å². The van der Waals surface area contributed by atoms with Crippen molar-refractivity contribution in [1.29, 1.82) is 0 Å². The van der Waals surface area contributed by atoms with E-state index in [0.29, 0.717) is 22.3 Å². The van der Waals surface area contributed by atoms with Gasteiger partial charge in [-0.1, -0.05) is 30.3 Å². The minimum absolute atomic E-state index is 0.0126. The second-order valence-electron chi connectivity index (χ2n) is 5.35. The van der Waals surface area contributed by atoms with Crippen LogP contribution in [0, 0.1) is 10.1 Å². The Kier molecular flexibility index (Phi) is 4.67. The Morgan fingerprint density at radius 2 is 1.96 bits per heavy atom. The summed E-state index contributed by atoms with van der Waals surface area (Å²) in [6, 6.07) is 13.1. The number of aromatic nitrogens is 2. The quantitative estimate of drug-likeness (QED) is 0.569. The van der Waals surface area contributed by atoms with E-state index in [-0.39, 0.29) is 24.4 Å². The Hall–Kier alpha value is -3.32. The third-order valence-electron chi connectivity index (χ3n) is 3.72. The van der Waals surface area contributed by atoms with Gasteiger partial charge in [-0.3, -0.25) is 19.5 Å². The standard InChI is InChI=1S/C18H15N3O4/c22-11-10-20-17(19-16-7-2-1-6-15(16)18(20)23)9-8-13-4-3-5-14(12-13)21(24)25/h1-9,12,22H,10-11H2/b9-8+. The van der Waals surface area contributed by atoms with Crippen LogP contribution in [0.25, 0.3) is 23.1 Å². The second kappa shape index (κ2) is 7.06. The molecular weight excluding hydrogens is 322 g/mol. The summed E-state index contributed by atoms with van der Waals surface area (Å²) < 4.78 is 1.39. The van der Waals surface area contributed by atoms with E-state index in [2.05, 4.69) is 4.98 Å². The van der Waals surface area contributed by atoms with Crippen LogP contribution in [0.15, 0.2) is 53.3 Å². The number of para-hydroxylation sites is 1. The summed E-state index contributed by atoms with van der Waals surface area (Å²) in [6.07, 6.45) is 3.26. The van der Waals surface area contributed by atoms with Crippen LogP contribution in [0.4, 0.5) is 5.69 Å². The van der Waals surface area contributed by atoms with E-state index in [9.17, 15) is 20.0 Å². The van der Waals surface area contributed by atoms with E-state index in [1.165, 1.54) is 16.7 Å². The van der Waals surface area contributed by atoms with E-state index < -0.39 is 4.92 Å². The maximum atomic E-state index is 12.6. The number of fused-ring (bicyclic) bond motifs is 1. The topological polar surface area (TPSA) is 98.3 Å². The molecule has 0 saturated carbocycles. The molecule has 2 aromatic carbocycles. The molecule has 0 fully saturated rings. The number of nitrogens with zero attached hydrogens (tertiary/aromatic N) is 3. The van der Waals surface area contributed by atoms with Gasteiger partial charge >= 0.3 is 0 Å². The molecule has 0 unspecified atom stereocenters. The van der Waals surface area contributed by atoms with E-state index in [0.717, 1.165) is 0 Å². The first-order valence-corrected chi connectivity index (χ1v) is 7.63. The third-order valence-corrected chi connectivity index (χ3v) is 3.72. The van der Waals surface area contributed by atoms with Crippen LogP contribution in [0.3, 0.4) is 0 Å². The minimum Gasteiger partial charge on any atom is -0.395 e. The highest BCUT2D eigenvalue weighted by molar-refractivity contribution is 5.79. The zero-order valence-corrected chi connectivity index (χ0v) is 13.2. The van der Waals surface area contributed by atoms with Gasteiger partial charge in [-0.25, -0.2) is 4.98 Å². The molecule has 0 bridgehead atoms. The van der Waals surface area contributed by atoms with Gasteiger partial charge in [0.05, 0.1) is 29.0 Å². The van der Waals surface area contributed by atoms with Crippen molar-refractivity contribution in [3.8, 4) is 0 Å². The smallest absolute Gasteiger partial charge is 0.270 e. The van der Waals surface area contributed by atoms with E-state index in [4.69, 9.17) is 0 Å². The molecule has 7 nitrogen and oxygen atoms in total. The van der Waals surface area contributed by atoms with Gasteiger partial charge in [0.25, 0.3) is 11.2 Å². The summed E-state index contributed by atoms with van der Waals surface area (Å²) in [4.78, 5) is 27.4. The van der Waals surface area contributed by atoms with Gasteiger partial charge in [-0.2, -0.15) is 0 Å². The molecule has 3 rings (SSSR count). The maximum Gasteiger partial charge on any atom is 0.270 e. The fourth-order valence-electron chi connectivity index (χ4n) is 2.54. The average molecular weight is 337 g/mol. The van der Waals surface area contributed by atoms with Crippen LogP contribution in [-0.2, 0) is 6.54 Å². The van der Waals surface area contributed by atoms with Crippen LogP contribution < -0.4 is 5.56 Å². The van der Waals surface area contributed by atoms with Gasteiger partial charge in [-0.15, -0.1) is 0 Å². The number of aliphatic hydroxyl groups excluding tert-OH is 1. The fourth-order valence-corrected chi connectivity index (χ4v) is 2.54. The van der Waals surface area contributed by atoms with Crippen LogP contribution in [0.2, 0.25) is 0 Å². The first kappa shape index (κ1) is 16.5. The SMILES string of the molecule is O=c1c2ccccc2nc(/C=C/c2cccc([N+](=O)[O-])c2)n1CCO. The monoisotopic (exact) mass is 337 g/mol. The molecule has 7 heteroatoms. The number of nitro groups is 1. The van der Waals surface area contributed by atoms with E-state index in [1.54, 1.807) is 48.6 Å². The molecule has 25 heavy (non-hydrogen) atoms. The van der Waals surface area contributed by atoms with E-state index >= 15 is 0 Å². The molecule has 0 saturated heterocycles. The lowest BCUT2D eigenvalue weighted by atomic mass is 10.2. The molecule has 0 aliphatic rings. The van der Waals surface area contributed by atoms with Crippen molar-refractivity contribution in [2.75, 3.05) is 6.61 Å². The molecule has 126 valence electrons. The number of nitro benzene ring substituents is 1. The number of hydrogen-bond acceptors (Lipinski definition) is 5. The lowest BCUT2D eigenvalue weighted by Crippen LogP contribution is -2.25. The molecule has 0 radical (unpaired) electrons. The highest BCUT2D eigenvalue weighted by Gasteiger charge is 2.09. The Morgan fingerprint density at radius 1 is 1.16 bits per heavy atom. The molecule has 0 amide bonds. The van der Waals surface area contributed by atoms with Crippen LogP contribution >= 0.6 is 0 Å². The third kappa shape index (κ3) is 3.46. The van der Waals surface area contributed by atoms with Gasteiger partial charge < -0.3 is 5.11 Å². The first-order valence-electron chi connectivity index (χ1n) is 7.63. The van der Waals surface area contributed by atoms with E-state index in [1.807, 2.05) is 0 Å². The Labute approximate surface area is 142 Å². The summed E-state index contributed by atoms with van der Waals surface area (Å²) in [6.45, 7) is -0.0805. The molecule has 0 spiro atoms. The van der Waals surface area contributed by atoms with Gasteiger partial charge in [0.15, 0.2) is 0 Å². The predicted molar refractivity (Wildman–Crippen MR) is 95.1 cm³/mol. The van der Waals surface area contributed by atoms with Crippen molar-refractivity contribution in [3.63, 3.8) is 0 Å². The maximum absolute atomic E-state index is 12.6. The Bertz CT molecular complexity index is 1020. The highest BCUT2D eigenvalue weighted by atomic mass is 16.6. The number of rotatable bonds is 5. The van der Waals surface area contributed by atoms with Crippen molar-refractivity contribution in [3.05, 3.63) is 80.4 Å². The summed E-state index contributed by atoms with van der Waals surface area (Å²) >= 11 is 0. The molecule has 1 heterocycles. The fraction of sp³-hybridized carbons (Fsp3) is 0.111. The van der Waals surface area contributed by atoms with Crippen LogP contribution in [0.1, 0.15) is 11.4 Å². The Balaban J connectivity index is 2.08. The number of hydrogen-bond donors (Lipinski definition) is 1. The second-order valence-corrected chi connectivity index (χ2v) is 5.35. The number of non-ortho nitro benzene ring substituents is 1. The lowest BCUT2D eigenvalue weighted by Gasteiger charge is -2.09. The van der Waals surface area contributed by atoms with Crippen molar-refractivity contribution >= 4 is 28.7 Å². The molecule has 1 N–H and O–H groups in total. The predicted octanol–water partition coefficient (Wildman–Crippen LogP) is 2.47. The average Bonchev–Trinajstić information content (AvgIpc) is 2.63. The Morgan fingerprint density at radius 3 is 2.72 bits per heavy atom. The zero-order valence-electron chi connectivity index (χ0n) is 13.2. The lowest BCUT2D eigenvalue weighted by molar-refractivity contribution is -0.384. The molecule has 0 atom stereocenters. The first-order chi connectivity index (χ1) is 12.1. The minimum atomic E-state index is -0.465.